The number of unbranched alkanes of at least 4 members (excludes halogenated alkanes) is 1. The fraction of sp³-hybridized carbons (Fsp3) is 0.444. The minimum Gasteiger partial charge on any atom is -0.870 e. The molecule has 4 aromatic carbocycles. The minimum absolute atomic E-state index is 0. The number of halogens is 1. The summed E-state index contributed by atoms with van der Waals surface area (Å²) in [6.45, 7) is 19.8. The van der Waals surface area contributed by atoms with Gasteiger partial charge in [0.15, 0.2) is 11.6 Å². The van der Waals surface area contributed by atoms with E-state index in [4.69, 9.17) is 43.6 Å². The van der Waals surface area contributed by atoms with Crippen LogP contribution >= 0.6 is 12.4 Å². The van der Waals surface area contributed by atoms with Crippen LogP contribution in [-0.4, -0.2) is 182 Å². The van der Waals surface area contributed by atoms with Gasteiger partial charge in [-0.3, -0.25) is 48.2 Å². The first kappa shape index (κ1) is 99.2. The number of ketones is 5. The zero-order chi connectivity index (χ0) is 74.3. The summed E-state index contributed by atoms with van der Waals surface area (Å²) in [6, 6.07) is 36.4. The van der Waals surface area contributed by atoms with Crippen molar-refractivity contribution < 1.29 is 145 Å². The van der Waals surface area contributed by atoms with Crippen molar-refractivity contribution in [3.05, 3.63) is 156 Å². The number of benzene rings is 4. The predicted octanol–water partition coefficient (Wildman–Crippen LogP) is 6.05. The summed E-state index contributed by atoms with van der Waals surface area (Å²) >= 11 is 0. The van der Waals surface area contributed by atoms with E-state index < -0.39 is 48.1 Å². The molecule has 0 radical (unpaired) electrons. The third-order valence-electron chi connectivity index (χ3n) is 12.6. The van der Waals surface area contributed by atoms with Gasteiger partial charge in [-0.2, -0.15) is 0 Å². The molecule has 2 fully saturated rings. The number of ether oxygens (including phenoxy) is 9. The van der Waals surface area contributed by atoms with E-state index in [-0.39, 0.29) is 186 Å². The molecule has 0 spiro atoms. The molecule has 2 heterocycles. The van der Waals surface area contributed by atoms with Crippen molar-refractivity contribution >= 4 is 95.4 Å². The number of likely N-dealkylation sites (tertiary alicyclic amines) is 2. The van der Waals surface area contributed by atoms with Crippen LogP contribution in [0.1, 0.15) is 123 Å². The molecule has 558 valence electrons. The summed E-state index contributed by atoms with van der Waals surface area (Å²) in [5, 5.41) is 0. The molecular formula is C72H98ClN4NaO24. The molecule has 4 aromatic rings. The maximum Gasteiger partial charge on any atom is 1.00 e. The van der Waals surface area contributed by atoms with Crippen LogP contribution in [0.25, 0.3) is 0 Å². The van der Waals surface area contributed by atoms with Crippen LogP contribution in [0.15, 0.2) is 134 Å². The third-order valence-corrected chi connectivity index (χ3v) is 12.6. The molecule has 2 atom stereocenters. The first-order valence-corrected chi connectivity index (χ1v) is 32.0. The Morgan fingerprint density at radius 2 is 0.912 bits per heavy atom. The molecule has 3 amide bonds. The van der Waals surface area contributed by atoms with Gasteiger partial charge in [0.25, 0.3) is 0 Å². The molecule has 2 saturated heterocycles. The quantitative estimate of drug-likeness (QED) is 0.0177. The van der Waals surface area contributed by atoms with Crippen molar-refractivity contribution in [2.24, 2.45) is 11.7 Å². The van der Waals surface area contributed by atoms with Gasteiger partial charge in [-0.25, -0.2) is 24.0 Å². The molecule has 30 heteroatoms. The SMILES string of the molecule is C=CC(=O)OCC.CC(=O)CN.CC(=O)OCc1ccccc1.CCOC(=O)C1CC(=O)CN1C(=O)OCc1ccccc1.CCOC(=O)C1CN(C(=O)OCc2ccccc2)CC1=O.CCOC(=O)CCCCC(C)=O.CCOC(=O)CCN(CC(C)=O)C(=O)OCc1ccccc1.Cl.[Na+].[OH-]. The van der Waals surface area contributed by atoms with Gasteiger partial charge < -0.3 is 63.5 Å². The third kappa shape index (κ3) is 49.4. The van der Waals surface area contributed by atoms with Crippen LogP contribution < -0.4 is 35.3 Å². The fourth-order valence-electron chi connectivity index (χ4n) is 7.83. The van der Waals surface area contributed by atoms with Crippen molar-refractivity contribution in [3.63, 3.8) is 0 Å². The zero-order valence-electron chi connectivity index (χ0n) is 60.0. The Hall–Kier alpha value is -9.19. The van der Waals surface area contributed by atoms with Gasteiger partial charge >= 0.3 is 83.7 Å². The van der Waals surface area contributed by atoms with Crippen LogP contribution in [0, 0.1) is 5.92 Å². The molecule has 2 unspecified atom stereocenters. The minimum atomic E-state index is -0.894. The number of Topliss-reactive ketones (excluding diaryl/α,β-unsaturated/α-hetero) is 5. The van der Waals surface area contributed by atoms with E-state index >= 15 is 0 Å². The fourth-order valence-corrected chi connectivity index (χ4v) is 7.83. The Morgan fingerprint density at radius 1 is 0.510 bits per heavy atom. The number of amides is 3. The Labute approximate surface area is 624 Å². The largest absolute Gasteiger partial charge is 1.00 e. The first-order chi connectivity index (χ1) is 47.3. The van der Waals surface area contributed by atoms with Crippen LogP contribution in [0.4, 0.5) is 14.4 Å². The maximum atomic E-state index is 12.0. The number of esters is 6. The van der Waals surface area contributed by atoms with E-state index in [9.17, 15) is 67.1 Å². The molecule has 0 bridgehead atoms. The summed E-state index contributed by atoms with van der Waals surface area (Å²) in [5.74, 6) is -3.68. The van der Waals surface area contributed by atoms with Crippen molar-refractivity contribution in [1.29, 1.82) is 0 Å². The second-order valence-electron chi connectivity index (χ2n) is 20.9. The van der Waals surface area contributed by atoms with E-state index in [2.05, 4.69) is 11.3 Å². The van der Waals surface area contributed by atoms with Gasteiger partial charge in [0.2, 0.25) is 0 Å². The zero-order valence-corrected chi connectivity index (χ0v) is 62.8. The van der Waals surface area contributed by atoms with Crippen molar-refractivity contribution in [2.45, 2.75) is 133 Å². The number of hydrogen-bond donors (Lipinski definition) is 1. The van der Waals surface area contributed by atoms with Crippen molar-refractivity contribution in [2.75, 3.05) is 72.3 Å². The number of nitrogens with two attached hydrogens (primary N) is 1. The van der Waals surface area contributed by atoms with Crippen LogP contribution in [-0.2, 0) is 122 Å². The molecule has 102 heavy (non-hydrogen) atoms. The Kier molecular flexibility index (Phi) is 60.0. The summed E-state index contributed by atoms with van der Waals surface area (Å²) in [4.78, 5) is 160. The summed E-state index contributed by atoms with van der Waals surface area (Å²) < 4.78 is 43.9. The average Bonchev–Trinajstić information content (AvgIpc) is 1.70. The normalized spacial score (nSPS) is 12.4. The number of carbonyl (C=O) groups excluding carboxylic acids is 14. The number of carbonyl (C=O) groups is 14. The van der Waals surface area contributed by atoms with E-state index in [1.165, 1.54) is 30.6 Å². The molecular weight excluding hydrogens is 1360 g/mol. The molecule has 0 saturated carbocycles. The molecule has 3 N–H and O–H groups in total. The Balaban J connectivity index is -0.000000571. The number of rotatable bonds is 27. The van der Waals surface area contributed by atoms with Crippen LogP contribution in [0.3, 0.4) is 0 Å². The average molecular weight is 1460 g/mol. The number of nitrogens with zero attached hydrogens (tertiary/aromatic N) is 3. The summed E-state index contributed by atoms with van der Waals surface area (Å²) in [7, 11) is 0. The van der Waals surface area contributed by atoms with Gasteiger partial charge in [0.1, 0.15) is 55.7 Å². The first-order valence-electron chi connectivity index (χ1n) is 32.0. The molecule has 0 aliphatic carbocycles. The Bertz CT molecular complexity index is 3130. The van der Waals surface area contributed by atoms with Crippen LogP contribution in [0.5, 0.6) is 0 Å². The number of hydrogen-bond acceptors (Lipinski definition) is 25. The van der Waals surface area contributed by atoms with E-state index in [1.807, 2.05) is 121 Å². The van der Waals surface area contributed by atoms with Gasteiger partial charge in [-0.15, -0.1) is 12.4 Å². The topological polar surface area (TPSA) is 388 Å². The van der Waals surface area contributed by atoms with E-state index in [0.29, 0.717) is 32.7 Å². The van der Waals surface area contributed by atoms with Gasteiger partial charge in [0, 0.05) is 45.4 Å². The van der Waals surface area contributed by atoms with E-state index in [1.54, 1.807) is 41.5 Å². The predicted molar refractivity (Wildman–Crippen MR) is 370 cm³/mol. The molecule has 28 nitrogen and oxygen atoms in total. The maximum absolute atomic E-state index is 12.0. The van der Waals surface area contributed by atoms with Crippen molar-refractivity contribution in [1.82, 2.24) is 14.7 Å². The van der Waals surface area contributed by atoms with Gasteiger partial charge in [0.05, 0.1) is 65.6 Å². The molecule has 6 rings (SSSR count). The summed E-state index contributed by atoms with van der Waals surface area (Å²) in [5.41, 5.74) is 8.39. The van der Waals surface area contributed by atoms with E-state index in [0.717, 1.165) is 46.1 Å². The standard InChI is InChI=1S/C16H21NO5.2C15H17NO5.C9H16O3.C9H10O2.C5H8O2.C3H7NO.ClH.Na.H2O/c1-3-21-15(19)9-10-17(11-13(2)18)16(20)22-12-14-7-5-4-6-8-14;1-2-20-14(18)12-8-16(9-13(12)17)15(19)21-10-11-6-4-3-5-7-11;1-2-20-14(18)13-8-12(17)9-16(13)15(19)21-10-11-6-4-3-5-7-11;1-3-12-9(11)7-5-4-6-8(2)10;1-8(10)11-7-9-5-3-2-4-6-9;1-3-5(6)7-4-2;1-3(5)2-4;;;/h4-8H,3,9-12H2,1-2H3;3-7,12H,2,8-10H2,1H3;3-7,13H,2,8-10H2,1H3;3-7H2,1-2H3;2-6H,7H2,1H3;3H,1,4H2,2H3;2,4H2,1H3;1H;;1H2/q;;;;;;;;+1;/p-1. The summed E-state index contributed by atoms with van der Waals surface area (Å²) in [6.07, 6.45) is 1.79. The molecule has 0 aromatic heterocycles. The van der Waals surface area contributed by atoms with Crippen molar-refractivity contribution in [3.8, 4) is 0 Å². The molecule has 2 aliphatic heterocycles. The van der Waals surface area contributed by atoms with Gasteiger partial charge in [-0.05, 0) is 90.5 Å². The second kappa shape index (κ2) is 61.7. The Morgan fingerprint density at radius 3 is 1.30 bits per heavy atom. The second-order valence-corrected chi connectivity index (χ2v) is 20.9. The van der Waals surface area contributed by atoms with Gasteiger partial charge in [-0.1, -0.05) is 128 Å². The van der Waals surface area contributed by atoms with Crippen LogP contribution in [0.2, 0.25) is 0 Å². The molecule has 2 aliphatic rings. The smallest absolute Gasteiger partial charge is 0.870 e. The monoisotopic (exact) mass is 1460 g/mol.